The number of aliphatic hydroxyl groups is 1. The molecule has 0 saturated carbocycles. The molecule has 0 aromatic carbocycles. The standard InChI is InChI=1S/C6H3ClO.C3H5Cl3O/c7-5-3-4-1-2-6(5)8-4;1-2(7)3(4,5)6/h1-3H;2,7H,1H3. The molecular formula is C9H8Cl4O2. The average molecular weight is 290 g/mol. The average Bonchev–Trinajstić information content (AvgIpc) is 2.63. The van der Waals surface area contributed by atoms with E-state index in [0.29, 0.717) is 5.02 Å². The smallest absolute Gasteiger partial charge is 0.215 e. The van der Waals surface area contributed by atoms with Crippen LogP contribution in [0.3, 0.4) is 0 Å². The van der Waals surface area contributed by atoms with E-state index in [-0.39, 0.29) is 0 Å². The van der Waals surface area contributed by atoms with Gasteiger partial charge in [-0.1, -0.05) is 46.4 Å². The number of fused-ring (bicyclic) bond motifs is 2. The van der Waals surface area contributed by atoms with Crippen molar-refractivity contribution in [2.45, 2.75) is 16.8 Å². The van der Waals surface area contributed by atoms with Crippen molar-refractivity contribution >= 4 is 57.6 Å². The van der Waals surface area contributed by atoms with Crippen LogP contribution in [0.2, 0.25) is 5.02 Å². The molecule has 0 fully saturated rings. The summed E-state index contributed by atoms with van der Waals surface area (Å²) in [4.78, 5) is 0. The van der Waals surface area contributed by atoms with Crippen LogP contribution >= 0.6 is 46.4 Å². The SMILES string of the molecule is CC(O)C(Cl)(Cl)Cl.Clc1cc2ccc1o2. The summed E-state index contributed by atoms with van der Waals surface area (Å²) in [5, 5.41) is 9.20. The lowest BCUT2D eigenvalue weighted by atomic mass is 10.4. The Morgan fingerprint density at radius 2 is 1.87 bits per heavy atom. The molecule has 6 heteroatoms. The third-order valence-corrected chi connectivity index (χ3v) is 2.85. The van der Waals surface area contributed by atoms with E-state index >= 15 is 0 Å². The van der Waals surface area contributed by atoms with Crippen LogP contribution in [-0.2, 0) is 0 Å². The quantitative estimate of drug-likeness (QED) is 0.735. The first-order chi connectivity index (χ1) is 6.80. The van der Waals surface area contributed by atoms with Gasteiger partial charge in [-0.15, -0.1) is 0 Å². The van der Waals surface area contributed by atoms with Crippen LogP contribution in [-0.4, -0.2) is 15.0 Å². The fourth-order valence-corrected chi connectivity index (χ4v) is 0.964. The van der Waals surface area contributed by atoms with Gasteiger partial charge in [0.25, 0.3) is 0 Å². The number of benzene rings is 1. The molecule has 0 aliphatic rings. The second-order valence-electron chi connectivity index (χ2n) is 2.91. The Morgan fingerprint density at radius 3 is 2.00 bits per heavy atom. The van der Waals surface area contributed by atoms with E-state index in [2.05, 4.69) is 0 Å². The van der Waals surface area contributed by atoms with E-state index in [4.69, 9.17) is 55.9 Å². The molecule has 2 nitrogen and oxygen atoms in total. The molecule has 1 unspecified atom stereocenters. The predicted molar refractivity (Wildman–Crippen MR) is 64.4 cm³/mol. The van der Waals surface area contributed by atoms with Gasteiger partial charge in [-0.05, 0) is 19.1 Å². The Balaban J connectivity index is 0.000000153. The summed E-state index contributed by atoms with van der Waals surface area (Å²) < 4.78 is 3.55. The lowest BCUT2D eigenvalue weighted by Gasteiger charge is -2.12. The molecule has 0 amide bonds. The van der Waals surface area contributed by atoms with Gasteiger partial charge in [0.05, 0.1) is 11.1 Å². The molecule has 2 bridgehead atoms. The fourth-order valence-electron chi connectivity index (χ4n) is 0.755. The predicted octanol–water partition coefficient (Wildman–Crippen LogP) is 4.26. The van der Waals surface area contributed by atoms with E-state index in [1.165, 1.54) is 6.92 Å². The Hall–Kier alpha value is 0.140. The van der Waals surface area contributed by atoms with E-state index < -0.39 is 9.90 Å². The molecule has 1 atom stereocenters. The monoisotopic (exact) mass is 288 g/mol. The van der Waals surface area contributed by atoms with Gasteiger partial charge in [0, 0.05) is 6.07 Å². The van der Waals surface area contributed by atoms with Crippen molar-refractivity contribution in [2.24, 2.45) is 0 Å². The maximum atomic E-state index is 8.49. The summed E-state index contributed by atoms with van der Waals surface area (Å²) in [6.45, 7) is 1.41. The third kappa shape index (κ3) is 3.89. The molecule has 2 aromatic heterocycles. The highest BCUT2D eigenvalue weighted by Gasteiger charge is 2.25. The minimum Gasteiger partial charge on any atom is -0.456 e. The van der Waals surface area contributed by atoms with Gasteiger partial charge in [-0.2, -0.15) is 0 Å². The van der Waals surface area contributed by atoms with Crippen LogP contribution in [0.5, 0.6) is 0 Å². The van der Waals surface area contributed by atoms with Crippen LogP contribution in [0.25, 0.3) is 11.2 Å². The summed E-state index contributed by atoms with van der Waals surface area (Å²) in [6, 6.07) is 5.55. The van der Waals surface area contributed by atoms with Crippen molar-refractivity contribution in [1.29, 1.82) is 0 Å². The largest absolute Gasteiger partial charge is 0.456 e. The lowest BCUT2D eigenvalue weighted by Crippen LogP contribution is -2.20. The Morgan fingerprint density at radius 1 is 1.33 bits per heavy atom. The van der Waals surface area contributed by atoms with Crippen molar-refractivity contribution in [3.63, 3.8) is 0 Å². The number of furan rings is 2. The summed E-state index contributed by atoms with van der Waals surface area (Å²) in [5.41, 5.74) is 1.63. The van der Waals surface area contributed by atoms with E-state index in [9.17, 15) is 0 Å². The highest BCUT2D eigenvalue weighted by molar-refractivity contribution is 6.68. The minimum atomic E-state index is -1.53. The van der Waals surface area contributed by atoms with Crippen LogP contribution in [0.4, 0.5) is 0 Å². The van der Waals surface area contributed by atoms with Crippen LogP contribution < -0.4 is 0 Å². The van der Waals surface area contributed by atoms with Gasteiger partial charge >= 0.3 is 0 Å². The van der Waals surface area contributed by atoms with Gasteiger partial charge in [0.15, 0.2) is 0 Å². The molecule has 0 aliphatic heterocycles. The van der Waals surface area contributed by atoms with Gasteiger partial charge in [-0.3, -0.25) is 0 Å². The molecule has 0 aliphatic carbocycles. The molecule has 2 rings (SSSR count). The topological polar surface area (TPSA) is 33.4 Å². The number of rotatable bonds is 0. The Kier molecular flexibility index (Phi) is 4.38. The highest BCUT2D eigenvalue weighted by Crippen LogP contribution is 2.29. The van der Waals surface area contributed by atoms with E-state index in [1.54, 1.807) is 6.07 Å². The summed E-state index contributed by atoms with van der Waals surface area (Å²) in [5.74, 6) is 0. The minimum absolute atomic E-state index is 0.711. The van der Waals surface area contributed by atoms with Crippen molar-refractivity contribution < 1.29 is 9.52 Å². The Bertz CT molecular complexity index is 404. The molecule has 0 radical (unpaired) electrons. The molecule has 84 valence electrons. The number of hydrogen-bond donors (Lipinski definition) is 1. The van der Waals surface area contributed by atoms with Gasteiger partial charge in [0.2, 0.25) is 3.79 Å². The molecule has 1 N–H and O–H groups in total. The van der Waals surface area contributed by atoms with Crippen LogP contribution in [0, 0.1) is 0 Å². The van der Waals surface area contributed by atoms with Crippen molar-refractivity contribution in [3.05, 3.63) is 23.2 Å². The Labute approximate surface area is 107 Å². The van der Waals surface area contributed by atoms with Crippen LogP contribution in [0.15, 0.2) is 22.6 Å². The fraction of sp³-hybridized carbons (Fsp3) is 0.333. The summed E-state index contributed by atoms with van der Waals surface area (Å²) in [7, 11) is 0. The number of hydrogen-bond acceptors (Lipinski definition) is 2. The van der Waals surface area contributed by atoms with Crippen molar-refractivity contribution in [2.75, 3.05) is 0 Å². The normalized spacial score (nSPS) is 13.7. The number of halogens is 4. The highest BCUT2D eigenvalue weighted by atomic mass is 35.6. The summed E-state index contributed by atoms with van der Waals surface area (Å²) in [6.07, 6.45) is -0.905. The maximum absolute atomic E-state index is 8.49. The van der Waals surface area contributed by atoms with E-state index in [0.717, 1.165) is 11.2 Å². The molecule has 15 heavy (non-hydrogen) atoms. The molecule has 0 saturated heterocycles. The van der Waals surface area contributed by atoms with Gasteiger partial charge < -0.3 is 9.52 Å². The number of aliphatic hydroxyl groups excluding tert-OH is 1. The summed E-state index contributed by atoms with van der Waals surface area (Å²) >= 11 is 21.1. The third-order valence-electron chi connectivity index (χ3n) is 1.60. The maximum Gasteiger partial charge on any atom is 0.215 e. The zero-order valence-electron chi connectivity index (χ0n) is 7.68. The molecule has 0 spiro atoms. The molecular weight excluding hydrogens is 282 g/mol. The molecule has 2 aromatic rings. The lowest BCUT2D eigenvalue weighted by molar-refractivity contribution is 0.199. The van der Waals surface area contributed by atoms with Crippen LogP contribution in [0.1, 0.15) is 6.92 Å². The van der Waals surface area contributed by atoms with Crippen molar-refractivity contribution in [3.8, 4) is 0 Å². The first-order valence-electron chi connectivity index (χ1n) is 4.03. The first kappa shape index (κ1) is 13.2. The zero-order valence-corrected chi connectivity index (χ0v) is 10.7. The zero-order chi connectivity index (χ0) is 11.6. The second-order valence-corrected chi connectivity index (χ2v) is 5.69. The second kappa shape index (κ2) is 4.98. The van der Waals surface area contributed by atoms with E-state index in [1.807, 2.05) is 12.1 Å². The number of alkyl halides is 3. The van der Waals surface area contributed by atoms with Gasteiger partial charge in [-0.25, -0.2) is 0 Å². The molecule has 2 heterocycles. The first-order valence-corrected chi connectivity index (χ1v) is 5.54. The van der Waals surface area contributed by atoms with Gasteiger partial charge in [0.1, 0.15) is 11.2 Å². The van der Waals surface area contributed by atoms with Crippen molar-refractivity contribution in [1.82, 2.24) is 0 Å².